The highest BCUT2D eigenvalue weighted by atomic mass is 16.5. The van der Waals surface area contributed by atoms with Gasteiger partial charge < -0.3 is 15.2 Å². The summed E-state index contributed by atoms with van der Waals surface area (Å²) in [6, 6.07) is 0. The van der Waals surface area contributed by atoms with Crippen molar-refractivity contribution in [2.75, 3.05) is 26.3 Å². The zero-order valence-electron chi connectivity index (χ0n) is 10.7. The highest BCUT2D eigenvalue weighted by Crippen LogP contribution is 2.17. The lowest BCUT2D eigenvalue weighted by Gasteiger charge is -2.18. The van der Waals surface area contributed by atoms with E-state index >= 15 is 0 Å². The summed E-state index contributed by atoms with van der Waals surface area (Å²) in [4.78, 5) is 0. The van der Waals surface area contributed by atoms with Crippen LogP contribution >= 0.6 is 0 Å². The van der Waals surface area contributed by atoms with Crippen molar-refractivity contribution in [2.24, 2.45) is 5.41 Å². The molecule has 0 radical (unpaired) electrons. The molecule has 0 rings (SSSR count). The third-order valence-corrected chi connectivity index (χ3v) is 2.11. The summed E-state index contributed by atoms with van der Waals surface area (Å²) in [5.74, 6) is 0. The molecule has 0 fully saturated rings. The molecule has 0 heterocycles. The van der Waals surface area contributed by atoms with Crippen LogP contribution in [0, 0.1) is 5.41 Å². The van der Waals surface area contributed by atoms with Crippen LogP contribution in [0.1, 0.15) is 40.5 Å². The first-order valence-electron chi connectivity index (χ1n) is 5.92. The molecule has 3 heteroatoms. The maximum absolute atomic E-state index is 9.52. The van der Waals surface area contributed by atoms with Crippen molar-refractivity contribution in [1.82, 2.24) is 5.32 Å². The van der Waals surface area contributed by atoms with Crippen molar-refractivity contribution in [1.29, 1.82) is 0 Å². The van der Waals surface area contributed by atoms with Gasteiger partial charge in [0.15, 0.2) is 0 Å². The summed E-state index contributed by atoms with van der Waals surface area (Å²) in [6.07, 6.45) is 1.75. The van der Waals surface area contributed by atoms with Crippen LogP contribution < -0.4 is 5.32 Å². The normalized spacial score (nSPS) is 14.2. The van der Waals surface area contributed by atoms with Crippen LogP contribution in [0.4, 0.5) is 0 Å². The van der Waals surface area contributed by atoms with Crippen molar-refractivity contribution in [2.45, 2.75) is 46.6 Å². The molecule has 0 aromatic heterocycles. The second-order valence-corrected chi connectivity index (χ2v) is 5.24. The van der Waals surface area contributed by atoms with E-state index in [0.717, 1.165) is 26.0 Å². The predicted octanol–water partition coefficient (Wildman–Crippen LogP) is 1.80. The van der Waals surface area contributed by atoms with E-state index in [-0.39, 0.29) is 6.10 Å². The van der Waals surface area contributed by atoms with E-state index < -0.39 is 0 Å². The van der Waals surface area contributed by atoms with Gasteiger partial charge in [0, 0.05) is 13.2 Å². The summed E-state index contributed by atoms with van der Waals surface area (Å²) in [6.45, 7) is 11.4. The van der Waals surface area contributed by atoms with Crippen LogP contribution in [0.5, 0.6) is 0 Å². The van der Waals surface area contributed by atoms with Gasteiger partial charge in [0.2, 0.25) is 0 Å². The zero-order valence-corrected chi connectivity index (χ0v) is 10.7. The van der Waals surface area contributed by atoms with Crippen LogP contribution in [0.2, 0.25) is 0 Å². The lowest BCUT2D eigenvalue weighted by molar-refractivity contribution is 0.0275. The third kappa shape index (κ3) is 11.8. The molecule has 1 unspecified atom stereocenters. The smallest absolute Gasteiger partial charge is 0.0897 e. The van der Waals surface area contributed by atoms with Gasteiger partial charge in [-0.1, -0.05) is 27.7 Å². The summed E-state index contributed by atoms with van der Waals surface area (Å²) in [7, 11) is 0. The molecule has 0 saturated heterocycles. The van der Waals surface area contributed by atoms with Crippen molar-refractivity contribution in [3.05, 3.63) is 0 Å². The van der Waals surface area contributed by atoms with E-state index in [1.54, 1.807) is 0 Å². The molecule has 92 valence electrons. The molecule has 0 aliphatic carbocycles. The fraction of sp³-hybridized carbons (Fsp3) is 1.00. The molecule has 0 aromatic rings. The summed E-state index contributed by atoms with van der Waals surface area (Å²) in [5, 5.41) is 12.7. The third-order valence-electron chi connectivity index (χ3n) is 2.11. The number of hydrogen-bond acceptors (Lipinski definition) is 3. The fourth-order valence-corrected chi connectivity index (χ4v) is 1.10. The van der Waals surface area contributed by atoms with Gasteiger partial charge in [-0.3, -0.25) is 0 Å². The molecule has 0 aromatic carbocycles. The van der Waals surface area contributed by atoms with Crippen molar-refractivity contribution < 1.29 is 9.84 Å². The minimum absolute atomic E-state index is 0.311. The van der Waals surface area contributed by atoms with Crippen LogP contribution in [-0.2, 0) is 4.74 Å². The highest BCUT2D eigenvalue weighted by molar-refractivity contribution is 4.61. The number of aliphatic hydroxyl groups is 1. The van der Waals surface area contributed by atoms with Gasteiger partial charge in [0.25, 0.3) is 0 Å². The topological polar surface area (TPSA) is 41.5 Å². The van der Waals surface area contributed by atoms with Crippen LogP contribution in [-0.4, -0.2) is 37.5 Å². The Balaban J connectivity index is 3.27. The van der Waals surface area contributed by atoms with Crippen LogP contribution in [0.25, 0.3) is 0 Å². The molecule has 1 atom stereocenters. The highest BCUT2D eigenvalue weighted by Gasteiger charge is 2.10. The standard InChI is InChI=1S/C12H27NO2/c1-5-7-13-9-11(14)10-15-8-6-12(2,3)4/h11,13-14H,5-10H2,1-4H3. The van der Waals surface area contributed by atoms with E-state index in [1.165, 1.54) is 0 Å². The quantitative estimate of drug-likeness (QED) is 0.609. The molecule has 0 saturated carbocycles. The largest absolute Gasteiger partial charge is 0.389 e. The number of hydrogen-bond donors (Lipinski definition) is 2. The molecule has 0 aliphatic rings. The van der Waals surface area contributed by atoms with Crippen molar-refractivity contribution in [3.63, 3.8) is 0 Å². The lowest BCUT2D eigenvalue weighted by atomic mass is 9.93. The average molecular weight is 217 g/mol. The Morgan fingerprint density at radius 3 is 2.53 bits per heavy atom. The Bertz CT molecular complexity index is 143. The van der Waals surface area contributed by atoms with Gasteiger partial charge in [0.1, 0.15) is 0 Å². The average Bonchev–Trinajstić information content (AvgIpc) is 2.11. The molecule has 0 amide bonds. The van der Waals surface area contributed by atoms with Gasteiger partial charge in [-0.15, -0.1) is 0 Å². The summed E-state index contributed by atoms with van der Waals surface area (Å²) in [5.41, 5.74) is 0.311. The Morgan fingerprint density at radius 1 is 1.33 bits per heavy atom. The molecule has 0 bridgehead atoms. The monoisotopic (exact) mass is 217 g/mol. The maximum Gasteiger partial charge on any atom is 0.0897 e. The van der Waals surface area contributed by atoms with E-state index in [1.807, 2.05) is 0 Å². The van der Waals surface area contributed by atoms with Gasteiger partial charge in [-0.25, -0.2) is 0 Å². The maximum atomic E-state index is 9.52. The van der Waals surface area contributed by atoms with Gasteiger partial charge in [0.05, 0.1) is 12.7 Å². The second-order valence-electron chi connectivity index (χ2n) is 5.24. The molecular formula is C12H27NO2. The van der Waals surface area contributed by atoms with Crippen LogP contribution in [0.3, 0.4) is 0 Å². The molecule has 15 heavy (non-hydrogen) atoms. The Labute approximate surface area is 94.2 Å². The van der Waals surface area contributed by atoms with Gasteiger partial charge >= 0.3 is 0 Å². The molecule has 0 aliphatic heterocycles. The number of ether oxygens (including phenoxy) is 1. The zero-order chi connectivity index (χ0) is 11.7. The Kier molecular flexibility index (Phi) is 8.02. The molecule has 3 nitrogen and oxygen atoms in total. The first kappa shape index (κ1) is 14.9. The molecule has 0 spiro atoms. The Morgan fingerprint density at radius 2 is 2.00 bits per heavy atom. The van der Waals surface area contributed by atoms with Crippen molar-refractivity contribution >= 4 is 0 Å². The summed E-state index contributed by atoms with van der Waals surface area (Å²) >= 11 is 0. The van der Waals surface area contributed by atoms with E-state index in [4.69, 9.17) is 4.74 Å². The summed E-state index contributed by atoms with van der Waals surface area (Å²) < 4.78 is 5.41. The van der Waals surface area contributed by atoms with Crippen LogP contribution in [0.15, 0.2) is 0 Å². The van der Waals surface area contributed by atoms with E-state index in [9.17, 15) is 5.11 Å². The second kappa shape index (κ2) is 8.08. The number of rotatable bonds is 8. The van der Waals surface area contributed by atoms with E-state index in [2.05, 4.69) is 33.0 Å². The van der Waals surface area contributed by atoms with Gasteiger partial charge in [-0.05, 0) is 24.8 Å². The molecule has 2 N–H and O–H groups in total. The SMILES string of the molecule is CCCNCC(O)COCCC(C)(C)C. The first-order chi connectivity index (χ1) is 6.95. The first-order valence-corrected chi connectivity index (χ1v) is 5.92. The fourth-order valence-electron chi connectivity index (χ4n) is 1.10. The Hall–Kier alpha value is -0.120. The van der Waals surface area contributed by atoms with Crippen molar-refractivity contribution in [3.8, 4) is 0 Å². The van der Waals surface area contributed by atoms with Gasteiger partial charge in [-0.2, -0.15) is 0 Å². The number of aliphatic hydroxyl groups excluding tert-OH is 1. The minimum atomic E-state index is -0.378. The number of nitrogens with one attached hydrogen (secondary N) is 1. The van der Waals surface area contributed by atoms with E-state index in [0.29, 0.717) is 18.6 Å². The lowest BCUT2D eigenvalue weighted by Crippen LogP contribution is -2.31. The minimum Gasteiger partial charge on any atom is -0.389 e. The predicted molar refractivity (Wildman–Crippen MR) is 64.1 cm³/mol. The molecular weight excluding hydrogens is 190 g/mol.